The Labute approximate surface area is 145 Å². The number of urea groups is 1. The second kappa shape index (κ2) is 8.10. The quantitative estimate of drug-likeness (QED) is 0.753. The van der Waals surface area contributed by atoms with E-state index in [0.29, 0.717) is 47.9 Å². The summed E-state index contributed by atoms with van der Waals surface area (Å²) in [5, 5.41) is 14.9. The highest BCUT2D eigenvalue weighted by Gasteiger charge is 2.26. The van der Waals surface area contributed by atoms with Gasteiger partial charge in [-0.15, -0.1) is 0 Å². The Bertz CT molecular complexity index is 589. The van der Waals surface area contributed by atoms with Gasteiger partial charge in [0.1, 0.15) is 16.5 Å². The van der Waals surface area contributed by atoms with Crippen molar-refractivity contribution in [1.82, 2.24) is 5.32 Å². The van der Waals surface area contributed by atoms with E-state index < -0.39 is 5.97 Å². The van der Waals surface area contributed by atoms with Crippen LogP contribution in [-0.4, -0.2) is 37.4 Å². The lowest BCUT2D eigenvalue weighted by atomic mass is 9.86. The minimum atomic E-state index is -0.766. The highest BCUT2D eigenvalue weighted by Crippen LogP contribution is 2.37. The Morgan fingerprint density at radius 2 is 1.67 bits per heavy atom. The van der Waals surface area contributed by atoms with Crippen LogP contribution in [0, 0.1) is 5.92 Å². The van der Waals surface area contributed by atoms with Gasteiger partial charge in [0.15, 0.2) is 0 Å². The number of amides is 2. The maximum absolute atomic E-state index is 12.1. The molecule has 1 fully saturated rings. The molecule has 132 valence electrons. The smallest absolute Gasteiger partial charge is 0.319 e. The summed E-state index contributed by atoms with van der Waals surface area (Å²) >= 11 is 6.09. The topological polar surface area (TPSA) is 96.9 Å². The number of halogens is 1. The molecule has 0 saturated heterocycles. The van der Waals surface area contributed by atoms with Gasteiger partial charge in [0.25, 0.3) is 0 Å². The predicted octanol–water partition coefficient (Wildman–Crippen LogP) is 3.12. The first kappa shape index (κ1) is 18.2. The number of nitrogens with one attached hydrogen (secondary N) is 2. The molecule has 0 bridgehead atoms. The van der Waals surface area contributed by atoms with Gasteiger partial charge in [-0.25, -0.2) is 4.79 Å². The number of carbonyl (C=O) groups excluding carboxylic acids is 1. The Kier molecular flexibility index (Phi) is 6.14. The zero-order chi connectivity index (χ0) is 17.7. The maximum Gasteiger partial charge on any atom is 0.319 e. The summed E-state index contributed by atoms with van der Waals surface area (Å²) in [7, 11) is 2.96. The Hall–Kier alpha value is -2.15. The minimum Gasteiger partial charge on any atom is -0.495 e. The molecule has 1 aromatic carbocycles. The van der Waals surface area contributed by atoms with Gasteiger partial charge in [-0.2, -0.15) is 0 Å². The molecule has 8 heteroatoms. The molecule has 24 heavy (non-hydrogen) atoms. The van der Waals surface area contributed by atoms with Crippen LogP contribution in [0.25, 0.3) is 0 Å². The van der Waals surface area contributed by atoms with Crippen LogP contribution >= 0.6 is 11.6 Å². The highest BCUT2D eigenvalue weighted by molar-refractivity contribution is 6.33. The molecule has 1 aliphatic rings. The van der Waals surface area contributed by atoms with Gasteiger partial charge >= 0.3 is 12.0 Å². The van der Waals surface area contributed by atoms with Crippen LogP contribution in [0.1, 0.15) is 25.7 Å². The molecule has 0 atom stereocenters. The van der Waals surface area contributed by atoms with Crippen molar-refractivity contribution in [2.45, 2.75) is 31.7 Å². The van der Waals surface area contributed by atoms with Crippen molar-refractivity contribution in [1.29, 1.82) is 0 Å². The monoisotopic (exact) mass is 356 g/mol. The fourth-order valence-corrected chi connectivity index (χ4v) is 3.04. The lowest BCUT2D eigenvalue weighted by Crippen LogP contribution is -2.40. The van der Waals surface area contributed by atoms with E-state index in [-0.39, 0.29) is 18.0 Å². The molecule has 0 aliphatic heterocycles. The van der Waals surface area contributed by atoms with Gasteiger partial charge in [-0.05, 0) is 25.7 Å². The summed E-state index contributed by atoms with van der Waals surface area (Å²) in [6.45, 7) is 0. The molecule has 0 radical (unpaired) electrons. The van der Waals surface area contributed by atoms with Crippen molar-refractivity contribution >= 4 is 29.3 Å². The normalized spacial score (nSPS) is 20.1. The van der Waals surface area contributed by atoms with E-state index in [1.54, 1.807) is 12.1 Å². The molecule has 0 unspecified atom stereocenters. The Morgan fingerprint density at radius 3 is 2.12 bits per heavy atom. The number of hydrogen-bond donors (Lipinski definition) is 3. The summed E-state index contributed by atoms with van der Waals surface area (Å²) in [4.78, 5) is 23.1. The van der Waals surface area contributed by atoms with Crippen molar-refractivity contribution in [3.05, 3.63) is 17.2 Å². The summed E-state index contributed by atoms with van der Waals surface area (Å²) in [6, 6.07) is 2.81. The number of benzene rings is 1. The van der Waals surface area contributed by atoms with E-state index in [0.717, 1.165) is 0 Å². The van der Waals surface area contributed by atoms with E-state index in [4.69, 9.17) is 26.2 Å². The van der Waals surface area contributed by atoms with Gasteiger partial charge in [-0.1, -0.05) is 11.6 Å². The molecule has 0 heterocycles. The molecular formula is C16H21ClN2O5. The van der Waals surface area contributed by atoms with Crippen LogP contribution in [-0.2, 0) is 4.79 Å². The average Bonchev–Trinajstić information content (AvgIpc) is 2.56. The fraction of sp³-hybridized carbons (Fsp3) is 0.500. The van der Waals surface area contributed by atoms with Crippen LogP contribution < -0.4 is 20.1 Å². The Balaban J connectivity index is 1.94. The van der Waals surface area contributed by atoms with Crippen LogP contribution in [0.3, 0.4) is 0 Å². The van der Waals surface area contributed by atoms with Crippen molar-refractivity contribution in [3.8, 4) is 11.5 Å². The fourth-order valence-electron chi connectivity index (χ4n) is 2.78. The molecule has 1 aromatic rings. The first-order chi connectivity index (χ1) is 11.4. The number of anilines is 1. The van der Waals surface area contributed by atoms with Gasteiger partial charge < -0.3 is 25.2 Å². The molecule has 1 saturated carbocycles. The molecule has 3 N–H and O–H groups in total. The lowest BCUT2D eigenvalue weighted by molar-refractivity contribution is -0.142. The van der Waals surface area contributed by atoms with E-state index in [1.807, 2.05) is 0 Å². The van der Waals surface area contributed by atoms with E-state index in [2.05, 4.69) is 10.6 Å². The Morgan fingerprint density at radius 1 is 1.12 bits per heavy atom. The van der Waals surface area contributed by atoms with Gasteiger partial charge in [0.2, 0.25) is 0 Å². The number of hydrogen-bond acceptors (Lipinski definition) is 4. The average molecular weight is 357 g/mol. The SMILES string of the molecule is COc1cc(NC(=O)NC2CCC(C(=O)O)CC2)cc(OC)c1Cl. The number of aliphatic carboxylic acids is 1. The first-order valence-corrected chi connectivity index (χ1v) is 8.04. The standard InChI is InChI=1S/C16H21ClN2O5/c1-23-12-7-11(8-13(24-2)14(12)17)19-16(22)18-10-5-3-9(4-6-10)15(20)21/h7-10H,3-6H2,1-2H3,(H,20,21)(H2,18,19,22). The molecular weight excluding hydrogens is 336 g/mol. The number of rotatable bonds is 5. The third-order valence-corrected chi connectivity index (χ3v) is 4.49. The number of methoxy groups -OCH3 is 2. The summed E-state index contributed by atoms with van der Waals surface area (Å²) in [5.41, 5.74) is 0.491. The second-order valence-corrected chi connectivity index (χ2v) is 6.06. The predicted molar refractivity (Wildman–Crippen MR) is 90.1 cm³/mol. The number of carboxylic acids is 1. The van der Waals surface area contributed by atoms with Crippen LogP contribution in [0.5, 0.6) is 11.5 Å². The van der Waals surface area contributed by atoms with Crippen molar-refractivity contribution in [2.24, 2.45) is 5.92 Å². The summed E-state index contributed by atoms with van der Waals surface area (Å²) in [5.74, 6) is -0.282. The molecule has 7 nitrogen and oxygen atoms in total. The number of carbonyl (C=O) groups is 2. The first-order valence-electron chi connectivity index (χ1n) is 7.66. The van der Waals surface area contributed by atoms with E-state index in [1.165, 1.54) is 14.2 Å². The van der Waals surface area contributed by atoms with Crippen LogP contribution in [0.15, 0.2) is 12.1 Å². The second-order valence-electron chi connectivity index (χ2n) is 5.68. The third-order valence-electron chi connectivity index (χ3n) is 4.12. The van der Waals surface area contributed by atoms with Gasteiger partial charge in [0, 0.05) is 23.9 Å². The summed E-state index contributed by atoms with van der Waals surface area (Å²) < 4.78 is 10.3. The zero-order valence-corrected chi connectivity index (χ0v) is 14.4. The molecule has 1 aliphatic carbocycles. The molecule has 2 amide bonds. The van der Waals surface area contributed by atoms with Gasteiger partial charge in [-0.3, -0.25) is 4.79 Å². The van der Waals surface area contributed by atoms with Crippen LogP contribution in [0.4, 0.5) is 10.5 Å². The summed E-state index contributed by atoms with van der Waals surface area (Å²) in [6.07, 6.45) is 2.45. The lowest BCUT2D eigenvalue weighted by Gasteiger charge is -2.26. The number of ether oxygens (including phenoxy) is 2. The van der Waals surface area contributed by atoms with Crippen molar-refractivity contribution in [2.75, 3.05) is 19.5 Å². The van der Waals surface area contributed by atoms with E-state index in [9.17, 15) is 9.59 Å². The van der Waals surface area contributed by atoms with Gasteiger partial charge in [0.05, 0.1) is 20.1 Å². The molecule has 0 aromatic heterocycles. The highest BCUT2D eigenvalue weighted by atomic mass is 35.5. The van der Waals surface area contributed by atoms with Crippen molar-refractivity contribution in [3.63, 3.8) is 0 Å². The largest absolute Gasteiger partial charge is 0.495 e. The zero-order valence-electron chi connectivity index (χ0n) is 13.6. The maximum atomic E-state index is 12.1. The van der Waals surface area contributed by atoms with E-state index >= 15 is 0 Å². The molecule has 0 spiro atoms. The number of carboxylic acid groups (broad SMARTS) is 1. The molecule has 2 rings (SSSR count). The van der Waals surface area contributed by atoms with Crippen LogP contribution in [0.2, 0.25) is 5.02 Å². The van der Waals surface area contributed by atoms with Crippen molar-refractivity contribution < 1.29 is 24.2 Å². The minimum absolute atomic E-state index is 0.0308. The third kappa shape index (κ3) is 4.44.